The Morgan fingerprint density at radius 2 is 2.05 bits per heavy atom. The van der Waals surface area contributed by atoms with E-state index in [0.717, 1.165) is 23.3 Å². The van der Waals surface area contributed by atoms with Gasteiger partial charge in [0.25, 0.3) is 0 Å². The standard InChI is InChI=1S/C17H17NO4/c1-2-21-14-10-6-9-13(11-14)18-16(19)15(17(20)22-18)12-7-4-3-5-8-12/h3-5,7-8,11H,2,6,9-10H2,1H3/b18-13-. The molecule has 1 aliphatic heterocycles. The Morgan fingerprint density at radius 3 is 2.77 bits per heavy atom. The van der Waals surface area contributed by atoms with Crippen LogP contribution in [-0.4, -0.2) is 23.0 Å². The summed E-state index contributed by atoms with van der Waals surface area (Å²) in [6, 6.07) is 8.86. The maximum atomic E-state index is 12.5. The number of carbonyl (C=O) groups is 1. The SMILES string of the molecule is CCOC1=C/C(=[N+]2\OC(=O)C(c3ccccc3)=C2[O-])CCC1. The summed E-state index contributed by atoms with van der Waals surface area (Å²) < 4.78 is 6.60. The lowest BCUT2D eigenvalue weighted by Gasteiger charge is -2.13. The predicted octanol–water partition coefficient (Wildman–Crippen LogP) is 1.75. The van der Waals surface area contributed by atoms with E-state index in [2.05, 4.69) is 0 Å². The lowest BCUT2D eigenvalue weighted by molar-refractivity contribution is -0.773. The van der Waals surface area contributed by atoms with Crippen molar-refractivity contribution in [2.45, 2.75) is 26.2 Å². The molecule has 0 saturated heterocycles. The molecule has 114 valence electrons. The molecule has 5 nitrogen and oxygen atoms in total. The molecule has 0 spiro atoms. The summed E-state index contributed by atoms with van der Waals surface area (Å²) in [4.78, 5) is 17.2. The highest BCUT2D eigenvalue weighted by Gasteiger charge is 2.36. The van der Waals surface area contributed by atoms with Crippen LogP contribution in [0.4, 0.5) is 0 Å². The molecule has 1 aromatic rings. The summed E-state index contributed by atoms with van der Waals surface area (Å²) in [7, 11) is 0. The number of carbonyl (C=O) groups excluding carboxylic acids is 1. The van der Waals surface area contributed by atoms with E-state index in [4.69, 9.17) is 9.57 Å². The van der Waals surface area contributed by atoms with Crippen LogP contribution >= 0.6 is 0 Å². The van der Waals surface area contributed by atoms with Gasteiger partial charge in [0, 0.05) is 23.7 Å². The van der Waals surface area contributed by atoms with Gasteiger partial charge in [0.15, 0.2) is 0 Å². The third kappa shape index (κ3) is 2.62. The van der Waals surface area contributed by atoms with E-state index >= 15 is 0 Å². The zero-order valence-corrected chi connectivity index (χ0v) is 12.4. The summed E-state index contributed by atoms with van der Waals surface area (Å²) >= 11 is 0. The third-order valence-electron chi connectivity index (χ3n) is 3.61. The number of ether oxygens (including phenoxy) is 1. The van der Waals surface area contributed by atoms with Gasteiger partial charge in [-0.3, -0.25) is 0 Å². The maximum Gasteiger partial charge on any atom is 0.417 e. The lowest BCUT2D eigenvalue weighted by atomic mass is 10.0. The average Bonchev–Trinajstić information content (AvgIpc) is 2.84. The zero-order chi connectivity index (χ0) is 15.5. The van der Waals surface area contributed by atoms with Gasteiger partial charge in [0.05, 0.1) is 6.61 Å². The smallest absolute Gasteiger partial charge is 0.417 e. The maximum absolute atomic E-state index is 12.5. The van der Waals surface area contributed by atoms with E-state index < -0.39 is 11.9 Å². The van der Waals surface area contributed by atoms with Gasteiger partial charge < -0.3 is 9.84 Å². The Bertz CT molecular complexity index is 686. The van der Waals surface area contributed by atoms with Crippen molar-refractivity contribution in [2.24, 2.45) is 0 Å². The first-order chi connectivity index (χ1) is 10.7. The number of hydrogen-bond acceptors (Lipinski definition) is 4. The summed E-state index contributed by atoms with van der Waals surface area (Å²) in [6.45, 7) is 2.49. The zero-order valence-electron chi connectivity index (χ0n) is 12.4. The molecule has 0 saturated carbocycles. The minimum atomic E-state index is -0.611. The summed E-state index contributed by atoms with van der Waals surface area (Å²) in [5.41, 5.74) is 1.31. The Hall–Kier alpha value is -2.56. The van der Waals surface area contributed by atoms with Crippen LogP contribution in [0.2, 0.25) is 0 Å². The molecule has 2 aliphatic rings. The molecule has 0 unspecified atom stereocenters. The first kappa shape index (κ1) is 14.4. The molecule has 1 heterocycles. The van der Waals surface area contributed by atoms with Crippen molar-refractivity contribution in [3.05, 3.63) is 53.6 Å². The highest BCUT2D eigenvalue weighted by Crippen LogP contribution is 2.26. The minimum absolute atomic E-state index is 0.0741. The van der Waals surface area contributed by atoms with Gasteiger partial charge >= 0.3 is 5.97 Å². The lowest BCUT2D eigenvalue weighted by Crippen LogP contribution is -2.25. The van der Waals surface area contributed by atoms with Crippen molar-refractivity contribution in [3.8, 4) is 0 Å². The second kappa shape index (κ2) is 6.05. The monoisotopic (exact) mass is 299 g/mol. The first-order valence-electron chi connectivity index (χ1n) is 7.39. The van der Waals surface area contributed by atoms with Gasteiger partial charge in [-0.05, 0) is 18.9 Å². The Kier molecular flexibility index (Phi) is 3.96. The van der Waals surface area contributed by atoms with Crippen LogP contribution < -0.4 is 5.11 Å². The fourth-order valence-corrected chi connectivity index (χ4v) is 2.63. The molecule has 0 radical (unpaired) electrons. The second-order valence-corrected chi connectivity index (χ2v) is 5.11. The minimum Gasteiger partial charge on any atom is -0.819 e. The Balaban J connectivity index is 2.03. The fraction of sp³-hybridized carbons (Fsp3) is 0.294. The van der Waals surface area contributed by atoms with Crippen molar-refractivity contribution in [3.63, 3.8) is 0 Å². The molecule has 5 heteroatoms. The molecule has 1 aromatic carbocycles. The molecule has 0 atom stereocenters. The van der Waals surface area contributed by atoms with Crippen LogP contribution in [0.1, 0.15) is 31.7 Å². The van der Waals surface area contributed by atoms with Gasteiger partial charge in [-0.1, -0.05) is 30.3 Å². The van der Waals surface area contributed by atoms with Crippen LogP contribution in [-0.2, 0) is 14.4 Å². The van der Waals surface area contributed by atoms with E-state index in [1.54, 1.807) is 30.3 Å². The summed E-state index contributed by atoms with van der Waals surface area (Å²) in [5.74, 6) is -0.207. The van der Waals surface area contributed by atoms with Crippen molar-refractivity contribution in [2.75, 3.05) is 6.61 Å². The normalized spacial score (nSPS) is 21.7. The van der Waals surface area contributed by atoms with Crippen LogP contribution in [0, 0.1) is 0 Å². The molecular weight excluding hydrogens is 282 g/mol. The van der Waals surface area contributed by atoms with Gasteiger partial charge in [-0.15, -0.1) is 0 Å². The second-order valence-electron chi connectivity index (χ2n) is 5.11. The molecule has 22 heavy (non-hydrogen) atoms. The summed E-state index contributed by atoms with van der Waals surface area (Å²) in [6.07, 6.45) is 4.18. The van der Waals surface area contributed by atoms with Crippen LogP contribution in [0.15, 0.2) is 48.1 Å². The van der Waals surface area contributed by atoms with Crippen molar-refractivity contribution >= 4 is 17.3 Å². The van der Waals surface area contributed by atoms with Crippen LogP contribution in [0.5, 0.6) is 0 Å². The number of hydroxylamine groups is 1. The molecule has 0 N–H and O–H groups in total. The van der Waals surface area contributed by atoms with E-state index in [0.29, 0.717) is 24.3 Å². The largest absolute Gasteiger partial charge is 0.819 e. The van der Waals surface area contributed by atoms with E-state index in [9.17, 15) is 9.90 Å². The Labute approximate surface area is 128 Å². The average molecular weight is 299 g/mol. The van der Waals surface area contributed by atoms with Gasteiger partial charge in [0.2, 0.25) is 11.6 Å². The highest BCUT2D eigenvalue weighted by molar-refractivity contribution is 6.17. The molecular formula is C17H17NO4. The molecule has 0 amide bonds. The van der Waals surface area contributed by atoms with E-state index in [1.165, 1.54) is 0 Å². The summed E-state index contributed by atoms with van der Waals surface area (Å²) in [5, 5.41) is 12.5. The number of nitrogens with zero attached hydrogens (tertiary/aromatic N) is 1. The number of rotatable bonds is 3. The predicted molar refractivity (Wildman–Crippen MR) is 78.3 cm³/mol. The quantitative estimate of drug-likeness (QED) is 0.630. The molecule has 1 aliphatic carbocycles. The fourth-order valence-electron chi connectivity index (χ4n) is 2.63. The Morgan fingerprint density at radius 1 is 1.27 bits per heavy atom. The van der Waals surface area contributed by atoms with Crippen molar-refractivity contribution in [1.29, 1.82) is 0 Å². The number of allylic oxidation sites excluding steroid dienone is 2. The van der Waals surface area contributed by atoms with Crippen molar-refractivity contribution < 1.29 is 24.2 Å². The number of hydrogen-bond donors (Lipinski definition) is 0. The van der Waals surface area contributed by atoms with Gasteiger partial charge in [0.1, 0.15) is 11.3 Å². The first-order valence-corrected chi connectivity index (χ1v) is 7.39. The number of benzene rings is 1. The molecule has 3 rings (SSSR count). The van der Waals surface area contributed by atoms with E-state index in [1.807, 2.05) is 13.0 Å². The molecule has 0 aromatic heterocycles. The van der Waals surface area contributed by atoms with E-state index in [-0.39, 0.29) is 5.57 Å². The molecule has 0 fully saturated rings. The van der Waals surface area contributed by atoms with Crippen molar-refractivity contribution in [1.82, 2.24) is 0 Å². The highest BCUT2D eigenvalue weighted by atomic mass is 16.7. The molecule has 0 bridgehead atoms. The topological polar surface area (TPSA) is 61.6 Å². The third-order valence-corrected chi connectivity index (χ3v) is 3.61. The van der Waals surface area contributed by atoms with Crippen LogP contribution in [0.3, 0.4) is 0 Å². The van der Waals surface area contributed by atoms with Gasteiger partial charge in [-0.2, -0.15) is 4.84 Å². The van der Waals surface area contributed by atoms with Gasteiger partial charge in [-0.25, -0.2) is 4.79 Å². The van der Waals surface area contributed by atoms with Crippen LogP contribution in [0.25, 0.3) is 5.57 Å².